The number of nitrogens with one attached hydrogen (secondary N) is 1. The van der Waals surface area contributed by atoms with Crippen molar-refractivity contribution in [2.75, 3.05) is 18.1 Å². The van der Waals surface area contributed by atoms with Gasteiger partial charge in [-0.3, -0.25) is 9.59 Å². The summed E-state index contributed by atoms with van der Waals surface area (Å²) >= 11 is 0. The van der Waals surface area contributed by atoms with Crippen LogP contribution in [-0.2, 0) is 19.4 Å². The highest BCUT2D eigenvalue weighted by Gasteiger charge is 2.39. The molecule has 2 unspecified atom stereocenters. The van der Waals surface area contributed by atoms with Crippen molar-refractivity contribution in [2.45, 2.75) is 58.5 Å². The molecule has 0 aromatic heterocycles. The summed E-state index contributed by atoms with van der Waals surface area (Å²) in [6.07, 6.45) is 2.69. The molecule has 1 N–H and O–H groups in total. The first kappa shape index (κ1) is 17.9. The molecule has 0 spiro atoms. The van der Waals surface area contributed by atoms with Crippen LogP contribution < -0.4 is 5.32 Å². The first-order valence-corrected chi connectivity index (χ1v) is 9.49. The molecule has 1 rings (SSSR count). The molecule has 0 aliphatic carbocycles. The summed E-state index contributed by atoms with van der Waals surface area (Å²) in [6, 6.07) is -1.05. The summed E-state index contributed by atoms with van der Waals surface area (Å²) < 4.78 is 23.3. The van der Waals surface area contributed by atoms with E-state index in [0.717, 1.165) is 12.8 Å². The Labute approximate surface area is 127 Å². The Morgan fingerprint density at radius 2 is 1.71 bits per heavy atom. The number of sulfone groups is 1. The Morgan fingerprint density at radius 3 is 2.24 bits per heavy atom. The van der Waals surface area contributed by atoms with Crippen LogP contribution in [0.4, 0.5) is 0 Å². The van der Waals surface area contributed by atoms with Crippen LogP contribution >= 0.6 is 0 Å². The predicted octanol–water partition coefficient (Wildman–Crippen LogP) is 0.717. The van der Waals surface area contributed by atoms with Crippen LogP contribution in [0.1, 0.15) is 46.5 Å². The lowest BCUT2D eigenvalue weighted by Gasteiger charge is -2.39. The molecule has 1 fully saturated rings. The van der Waals surface area contributed by atoms with Crippen LogP contribution in [0.5, 0.6) is 0 Å². The number of carbonyl (C=O) groups is 2. The molecule has 0 bridgehead atoms. The lowest BCUT2D eigenvalue weighted by Crippen LogP contribution is -2.63. The van der Waals surface area contributed by atoms with Gasteiger partial charge in [0.15, 0.2) is 9.84 Å². The van der Waals surface area contributed by atoms with E-state index in [0.29, 0.717) is 12.8 Å². The Kier molecular flexibility index (Phi) is 6.64. The van der Waals surface area contributed by atoms with Gasteiger partial charge in [0.25, 0.3) is 0 Å². The van der Waals surface area contributed by atoms with Crippen LogP contribution in [0.25, 0.3) is 0 Å². The highest BCUT2D eigenvalue weighted by atomic mass is 32.2. The maximum atomic E-state index is 12.5. The van der Waals surface area contributed by atoms with E-state index in [9.17, 15) is 18.0 Å². The standard InChI is InChI=1S/C14H26N2O4S/c1-4-7-11-14(18)16(9-10-21(19,20)6-3)12(8-5-2)13(17)15-11/h11-12H,4-10H2,1-3H3,(H,15,17). The fraction of sp³-hybridized carbons (Fsp3) is 0.857. The number of rotatable bonds is 8. The van der Waals surface area contributed by atoms with Crippen molar-refractivity contribution in [3.05, 3.63) is 0 Å². The summed E-state index contributed by atoms with van der Waals surface area (Å²) in [4.78, 5) is 26.1. The van der Waals surface area contributed by atoms with E-state index in [1.54, 1.807) is 6.92 Å². The van der Waals surface area contributed by atoms with E-state index in [1.165, 1.54) is 4.90 Å². The summed E-state index contributed by atoms with van der Waals surface area (Å²) in [7, 11) is -3.15. The molecule has 1 aliphatic heterocycles. The van der Waals surface area contributed by atoms with Gasteiger partial charge < -0.3 is 10.2 Å². The number of nitrogens with zero attached hydrogens (tertiary/aromatic N) is 1. The van der Waals surface area contributed by atoms with E-state index >= 15 is 0 Å². The van der Waals surface area contributed by atoms with Crippen molar-refractivity contribution in [3.63, 3.8) is 0 Å². The Balaban J connectivity index is 2.89. The van der Waals surface area contributed by atoms with Crippen molar-refractivity contribution in [3.8, 4) is 0 Å². The average molecular weight is 318 g/mol. The van der Waals surface area contributed by atoms with Crippen LogP contribution in [0.3, 0.4) is 0 Å². The fourth-order valence-corrected chi connectivity index (χ4v) is 3.28. The number of amides is 2. The average Bonchev–Trinajstić information content (AvgIpc) is 2.44. The van der Waals surface area contributed by atoms with Gasteiger partial charge in [0, 0.05) is 12.3 Å². The molecule has 0 aromatic rings. The lowest BCUT2D eigenvalue weighted by molar-refractivity contribution is -0.149. The molecular formula is C14H26N2O4S. The van der Waals surface area contributed by atoms with Gasteiger partial charge in [0.2, 0.25) is 11.8 Å². The zero-order valence-electron chi connectivity index (χ0n) is 13.1. The summed E-state index contributed by atoms with van der Waals surface area (Å²) in [6.45, 7) is 5.58. The summed E-state index contributed by atoms with van der Waals surface area (Å²) in [5.41, 5.74) is 0. The lowest BCUT2D eigenvalue weighted by atomic mass is 10.0. The first-order valence-electron chi connectivity index (χ1n) is 7.67. The monoisotopic (exact) mass is 318 g/mol. The van der Waals surface area contributed by atoms with E-state index < -0.39 is 21.9 Å². The maximum Gasteiger partial charge on any atom is 0.245 e. The van der Waals surface area contributed by atoms with E-state index in [2.05, 4.69) is 5.32 Å². The minimum atomic E-state index is -3.15. The van der Waals surface area contributed by atoms with Crippen LogP contribution in [0.15, 0.2) is 0 Å². The molecule has 2 atom stereocenters. The predicted molar refractivity (Wildman–Crippen MR) is 81.6 cm³/mol. The minimum Gasteiger partial charge on any atom is -0.343 e. The number of piperazine rings is 1. The quantitative estimate of drug-likeness (QED) is 0.714. The van der Waals surface area contributed by atoms with Gasteiger partial charge in [-0.1, -0.05) is 33.6 Å². The van der Waals surface area contributed by atoms with Gasteiger partial charge in [-0.05, 0) is 12.8 Å². The summed E-state index contributed by atoms with van der Waals surface area (Å²) in [5.74, 6) is -0.343. The van der Waals surface area contributed by atoms with Crippen molar-refractivity contribution < 1.29 is 18.0 Å². The second-order valence-electron chi connectivity index (χ2n) is 5.42. The van der Waals surface area contributed by atoms with Gasteiger partial charge in [-0.15, -0.1) is 0 Å². The summed E-state index contributed by atoms with van der Waals surface area (Å²) in [5, 5.41) is 2.76. The van der Waals surface area contributed by atoms with Crippen LogP contribution in [0, 0.1) is 0 Å². The van der Waals surface area contributed by atoms with Crippen molar-refractivity contribution in [1.82, 2.24) is 10.2 Å². The smallest absolute Gasteiger partial charge is 0.245 e. The molecule has 7 heteroatoms. The molecule has 2 amide bonds. The third kappa shape index (κ3) is 4.69. The molecule has 0 aromatic carbocycles. The highest BCUT2D eigenvalue weighted by molar-refractivity contribution is 7.91. The van der Waals surface area contributed by atoms with Gasteiger partial charge in [-0.2, -0.15) is 0 Å². The fourth-order valence-electron chi connectivity index (χ4n) is 2.52. The maximum absolute atomic E-state index is 12.5. The van der Waals surface area contributed by atoms with Crippen molar-refractivity contribution >= 4 is 21.7 Å². The number of hydrogen-bond acceptors (Lipinski definition) is 4. The van der Waals surface area contributed by atoms with Gasteiger partial charge in [-0.25, -0.2) is 8.42 Å². The molecule has 0 saturated carbocycles. The second-order valence-corrected chi connectivity index (χ2v) is 7.90. The van der Waals surface area contributed by atoms with Gasteiger partial charge >= 0.3 is 0 Å². The van der Waals surface area contributed by atoms with Crippen molar-refractivity contribution in [2.24, 2.45) is 0 Å². The minimum absolute atomic E-state index is 0.0536. The van der Waals surface area contributed by atoms with Crippen LogP contribution in [-0.4, -0.2) is 55.3 Å². The van der Waals surface area contributed by atoms with E-state index in [-0.39, 0.29) is 29.9 Å². The molecular weight excluding hydrogens is 292 g/mol. The Morgan fingerprint density at radius 1 is 1.10 bits per heavy atom. The molecule has 1 aliphatic rings. The van der Waals surface area contributed by atoms with Crippen LogP contribution in [0.2, 0.25) is 0 Å². The largest absolute Gasteiger partial charge is 0.343 e. The zero-order chi connectivity index (χ0) is 16.0. The molecule has 122 valence electrons. The molecule has 21 heavy (non-hydrogen) atoms. The third-order valence-corrected chi connectivity index (χ3v) is 5.48. The van der Waals surface area contributed by atoms with E-state index in [1.807, 2.05) is 13.8 Å². The Hall–Kier alpha value is -1.11. The SMILES string of the molecule is CCCC1NC(=O)C(CCC)N(CCS(=O)(=O)CC)C1=O. The number of carbonyl (C=O) groups excluding carboxylic acids is 2. The highest BCUT2D eigenvalue weighted by Crippen LogP contribution is 2.17. The van der Waals surface area contributed by atoms with Gasteiger partial charge in [0.1, 0.15) is 12.1 Å². The molecule has 1 heterocycles. The molecule has 1 saturated heterocycles. The van der Waals surface area contributed by atoms with Gasteiger partial charge in [0.05, 0.1) is 5.75 Å². The third-order valence-electron chi connectivity index (χ3n) is 3.80. The Bertz CT molecular complexity index is 475. The number of hydrogen-bond donors (Lipinski definition) is 1. The zero-order valence-corrected chi connectivity index (χ0v) is 13.9. The molecule has 0 radical (unpaired) electrons. The second kappa shape index (κ2) is 7.77. The van der Waals surface area contributed by atoms with Crippen molar-refractivity contribution in [1.29, 1.82) is 0 Å². The molecule has 6 nitrogen and oxygen atoms in total. The first-order chi connectivity index (χ1) is 9.86. The normalized spacial score (nSPS) is 23.3. The topological polar surface area (TPSA) is 83.6 Å². The van der Waals surface area contributed by atoms with E-state index in [4.69, 9.17) is 0 Å².